The van der Waals surface area contributed by atoms with Crippen molar-refractivity contribution in [2.45, 2.75) is 6.92 Å². The van der Waals surface area contributed by atoms with Gasteiger partial charge < -0.3 is 9.84 Å². The van der Waals surface area contributed by atoms with Gasteiger partial charge in [-0.25, -0.2) is 0 Å². The first-order valence-electron chi connectivity index (χ1n) is 3.46. The molecule has 0 unspecified atom stereocenters. The average molecular weight is 184 g/mol. The molecule has 0 aliphatic carbocycles. The number of hydrogen-bond donors (Lipinski definition) is 0. The quantitative estimate of drug-likeness (QED) is 0.353. The van der Waals surface area contributed by atoms with E-state index in [-0.39, 0.29) is 12.3 Å². The van der Waals surface area contributed by atoms with Crippen molar-refractivity contribution in [1.82, 2.24) is 0 Å². The van der Waals surface area contributed by atoms with Gasteiger partial charge in [0.05, 0.1) is 10.9 Å². The Morgan fingerprint density at radius 3 is 3.00 bits per heavy atom. The van der Waals surface area contributed by atoms with E-state index in [1.807, 2.05) is 0 Å². The molecule has 7 heteroatoms. The molecule has 0 saturated carbocycles. The predicted octanol–water partition coefficient (Wildman–Crippen LogP) is 0.136. The normalized spacial score (nSPS) is 18.4. The Kier molecular flexibility index (Phi) is 2.58. The highest BCUT2D eigenvalue weighted by Gasteiger charge is 2.23. The van der Waals surface area contributed by atoms with Crippen LogP contribution in [0.3, 0.4) is 0 Å². The lowest BCUT2D eigenvalue weighted by molar-refractivity contribution is -0.424. The van der Waals surface area contributed by atoms with E-state index in [4.69, 9.17) is 0 Å². The van der Waals surface area contributed by atoms with Crippen LogP contribution in [-0.4, -0.2) is 11.5 Å². The van der Waals surface area contributed by atoms with Crippen LogP contribution in [0.4, 0.5) is 0 Å². The summed E-state index contributed by atoms with van der Waals surface area (Å²) in [6.07, 6.45) is 0.909. The maximum Gasteiger partial charge on any atom is 0.318 e. The summed E-state index contributed by atoms with van der Waals surface area (Å²) in [6, 6.07) is 0. The summed E-state index contributed by atoms with van der Waals surface area (Å²) in [4.78, 5) is 9.58. The highest BCUT2D eigenvalue weighted by molar-refractivity contribution is 5.26. The minimum Gasteiger partial charge on any atom is -0.612 e. The molecular weight excluding hydrogens is 178 g/mol. The maximum absolute atomic E-state index is 11.0. The number of nitrogens with zero attached hydrogens (tertiary/aromatic N) is 3. The molecule has 1 aliphatic heterocycles. The van der Waals surface area contributed by atoms with Crippen LogP contribution in [0.1, 0.15) is 6.92 Å². The van der Waals surface area contributed by atoms with E-state index >= 15 is 0 Å². The predicted molar refractivity (Wildman–Crippen MR) is 38.6 cm³/mol. The number of nitro groups is 1. The number of azo groups is 1. The molecule has 0 amide bonds. The molecule has 0 atom stereocenters. The van der Waals surface area contributed by atoms with Crippen LogP contribution in [0.15, 0.2) is 33.8 Å². The van der Waals surface area contributed by atoms with Crippen molar-refractivity contribution in [1.29, 1.82) is 0 Å². The van der Waals surface area contributed by atoms with Crippen molar-refractivity contribution in [3.8, 4) is 0 Å². The van der Waals surface area contributed by atoms with Gasteiger partial charge in [-0.1, -0.05) is 6.92 Å². The van der Waals surface area contributed by atoms with Crippen LogP contribution in [-0.2, 0) is 4.74 Å². The van der Waals surface area contributed by atoms with E-state index in [0.717, 1.165) is 6.20 Å². The van der Waals surface area contributed by atoms with E-state index in [2.05, 4.69) is 15.0 Å². The van der Waals surface area contributed by atoms with Gasteiger partial charge in [-0.05, 0) is 6.61 Å². The topological polar surface area (TPSA) is 100 Å². The Morgan fingerprint density at radius 2 is 2.46 bits per heavy atom. The zero-order valence-electron chi connectivity index (χ0n) is 6.76. The zero-order valence-corrected chi connectivity index (χ0v) is 6.76. The number of ether oxygens (including phenoxy) is 1. The van der Waals surface area contributed by atoms with Gasteiger partial charge in [0.2, 0.25) is 0 Å². The van der Waals surface area contributed by atoms with E-state index in [9.17, 15) is 15.2 Å². The van der Waals surface area contributed by atoms with Crippen LogP contribution < -0.4 is 5.11 Å². The SMILES string of the molecule is CCOC([O-])=C1N=NC=C1[N+](=O)[O-]. The molecule has 0 radical (unpaired) electrons. The molecule has 0 N–H and O–H groups in total. The Morgan fingerprint density at radius 1 is 1.77 bits per heavy atom. The molecule has 0 bridgehead atoms. The molecule has 13 heavy (non-hydrogen) atoms. The molecule has 0 saturated heterocycles. The molecule has 7 nitrogen and oxygen atoms in total. The van der Waals surface area contributed by atoms with Crippen LogP contribution in [0.25, 0.3) is 0 Å². The van der Waals surface area contributed by atoms with Crippen molar-refractivity contribution in [2.24, 2.45) is 10.2 Å². The minimum atomic E-state index is -0.827. The second-order valence-electron chi connectivity index (χ2n) is 2.06. The minimum absolute atomic E-state index is 0.142. The fourth-order valence-corrected chi connectivity index (χ4v) is 0.732. The van der Waals surface area contributed by atoms with Crippen molar-refractivity contribution in [2.75, 3.05) is 6.61 Å². The largest absolute Gasteiger partial charge is 0.612 e. The summed E-state index contributed by atoms with van der Waals surface area (Å²) in [5.74, 6) is -0.827. The summed E-state index contributed by atoms with van der Waals surface area (Å²) in [5.41, 5.74) is -0.787. The summed E-state index contributed by atoms with van der Waals surface area (Å²) in [7, 11) is 0. The Labute approximate surface area is 73.2 Å². The van der Waals surface area contributed by atoms with E-state index in [1.165, 1.54) is 0 Å². The van der Waals surface area contributed by atoms with Gasteiger partial charge in [0.25, 0.3) is 0 Å². The lowest BCUT2D eigenvalue weighted by Gasteiger charge is -2.12. The molecule has 0 aromatic rings. The number of hydrogen-bond acceptors (Lipinski definition) is 6. The van der Waals surface area contributed by atoms with Crippen LogP contribution in [0.5, 0.6) is 0 Å². The molecule has 0 aromatic heterocycles. The third kappa shape index (κ3) is 1.81. The number of rotatable bonds is 3. The monoisotopic (exact) mass is 184 g/mol. The van der Waals surface area contributed by atoms with Crippen molar-refractivity contribution >= 4 is 0 Å². The lowest BCUT2D eigenvalue weighted by atomic mass is 10.4. The smallest absolute Gasteiger partial charge is 0.318 e. The van der Waals surface area contributed by atoms with Gasteiger partial charge >= 0.3 is 5.70 Å². The van der Waals surface area contributed by atoms with Gasteiger partial charge in [0, 0.05) is 0 Å². The first-order chi connectivity index (χ1) is 6.16. The molecule has 1 heterocycles. The molecule has 0 fully saturated rings. The van der Waals surface area contributed by atoms with Gasteiger partial charge in [-0.2, -0.15) is 5.11 Å². The molecule has 0 aromatic carbocycles. The van der Waals surface area contributed by atoms with Gasteiger partial charge in [-0.3, -0.25) is 10.1 Å². The van der Waals surface area contributed by atoms with Gasteiger partial charge in [0.15, 0.2) is 5.70 Å². The van der Waals surface area contributed by atoms with Crippen LogP contribution >= 0.6 is 0 Å². The van der Waals surface area contributed by atoms with Crippen molar-refractivity contribution in [3.05, 3.63) is 33.7 Å². The molecule has 70 valence electrons. The molecular formula is C6H6N3O4-. The Hall–Kier alpha value is -1.92. The zero-order chi connectivity index (χ0) is 9.84. The van der Waals surface area contributed by atoms with Crippen molar-refractivity contribution in [3.63, 3.8) is 0 Å². The third-order valence-corrected chi connectivity index (χ3v) is 1.25. The summed E-state index contributed by atoms with van der Waals surface area (Å²) in [6.45, 7) is 1.74. The second kappa shape index (κ2) is 3.65. The molecule has 1 aliphatic rings. The highest BCUT2D eigenvalue weighted by Crippen LogP contribution is 2.21. The molecule has 0 spiro atoms. The Balaban J connectivity index is 2.93. The first kappa shape index (κ1) is 9.17. The molecule has 1 rings (SSSR count). The van der Waals surface area contributed by atoms with Crippen molar-refractivity contribution < 1.29 is 14.8 Å². The van der Waals surface area contributed by atoms with Crippen LogP contribution in [0.2, 0.25) is 0 Å². The van der Waals surface area contributed by atoms with Gasteiger partial charge in [-0.15, -0.1) is 5.11 Å². The second-order valence-corrected chi connectivity index (χ2v) is 2.06. The third-order valence-electron chi connectivity index (χ3n) is 1.25. The van der Waals surface area contributed by atoms with E-state index in [1.54, 1.807) is 6.92 Å². The summed E-state index contributed by atoms with van der Waals surface area (Å²) in [5, 5.41) is 27.9. The van der Waals surface area contributed by atoms with E-state index in [0.29, 0.717) is 0 Å². The average Bonchev–Trinajstić information content (AvgIpc) is 2.52. The highest BCUT2D eigenvalue weighted by atomic mass is 16.6. The lowest BCUT2D eigenvalue weighted by Crippen LogP contribution is -2.13. The van der Waals surface area contributed by atoms with Crippen LogP contribution in [0, 0.1) is 10.1 Å². The standard InChI is InChI=1S/C6H7N3O4/c1-2-13-6(10)5-4(9(11)12)3-7-8-5/h3,10H,2H2,1H3/p-1. The summed E-state index contributed by atoms with van der Waals surface area (Å²) < 4.78 is 4.53. The fourth-order valence-electron chi connectivity index (χ4n) is 0.732. The van der Waals surface area contributed by atoms with Gasteiger partial charge in [0.1, 0.15) is 6.20 Å². The Bertz CT molecular complexity index is 318. The maximum atomic E-state index is 11.0. The summed E-state index contributed by atoms with van der Waals surface area (Å²) >= 11 is 0. The fraction of sp³-hybridized carbons (Fsp3) is 0.333. The first-order valence-corrected chi connectivity index (χ1v) is 3.46. The van der Waals surface area contributed by atoms with E-state index < -0.39 is 16.6 Å².